The minimum Gasteiger partial charge on any atom is -0.390 e. The van der Waals surface area contributed by atoms with Gasteiger partial charge in [0.05, 0.1) is 24.5 Å². The predicted molar refractivity (Wildman–Crippen MR) is 79.9 cm³/mol. The van der Waals surface area contributed by atoms with Gasteiger partial charge in [0, 0.05) is 18.5 Å². The van der Waals surface area contributed by atoms with Crippen molar-refractivity contribution in [3.05, 3.63) is 36.0 Å². The van der Waals surface area contributed by atoms with Crippen LogP contribution >= 0.6 is 0 Å². The average Bonchev–Trinajstić information content (AvgIpc) is 2.45. The fourth-order valence-corrected chi connectivity index (χ4v) is 2.91. The molecular formula is C16H20N2O2. The first kappa shape index (κ1) is 13.3. The highest BCUT2D eigenvalue weighted by molar-refractivity contribution is 5.92. The first-order valence-electron chi connectivity index (χ1n) is 7.07. The first-order chi connectivity index (χ1) is 9.67. The number of hydrogen-bond donors (Lipinski definition) is 1. The zero-order valence-electron chi connectivity index (χ0n) is 11.9. The van der Waals surface area contributed by atoms with Crippen LogP contribution in [0, 0.1) is 0 Å². The Morgan fingerprint density at radius 3 is 2.65 bits per heavy atom. The van der Waals surface area contributed by atoms with E-state index in [2.05, 4.69) is 35.9 Å². The lowest BCUT2D eigenvalue weighted by Crippen LogP contribution is -2.46. The van der Waals surface area contributed by atoms with Crippen LogP contribution in [0.25, 0.3) is 10.8 Å². The summed E-state index contributed by atoms with van der Waals surface area (Å²) in [6.45, 7) is 5.79. The second-order valence-electron chi connectivity index (χ2n) is 5.48. The molecule has 2 heterocycles. The molecule has 2 atom stereocenters. The van der Waals surface area contributed by atoms with Crippen molar-refractivity contribution in [2.45, 2.75) is 32.7 Å². The van der Waals surface area contributed by atoms with Crippen LogP contribution in [-0.4, -0.2) is 35.4 Å². The highest BCUT2D eigenvalue weighted by Gasteiger charge is 2.24. The Labute approximate surface area is 119 Å². The largest absolute Gasteiger partial charge is 0.390 e. The highest BCUT2D eigenvalue weighted by Crippen LogP contribution is 2.28. The summed E-state index contributed by atoms with van der Waals surface area (Å²) in [6, 6.07) is 10.1. The molecule has 0 unspecified atom stereocenters. The van der Waals surface area contributed by atoms with E-state index in [1.807, 2.05) is 18.2 Å². The van der Waals surface area contributed by atoms with E-state index in [1.165, 1.54) is 0 Å². The number of anilines is 1. The molecule has 1 aromatic carbocycles. The zero-order valence-corrected chi connectivity index (χ0v) is 11.9. The molecule has 1 aliphatic rings. The van der Waals surface area contributed by atoms with Crippen LogP contribution in [-0.2, 0) is 11.3 Å². The fraction of sp³-hybridized carbons (Fsp3) is 0.438. The van der Waals surface area contributed by atoms with Crippen molar-refractivity contribution >= 4 is 16.6 Å². The summed E-state index contributed by atoms with van der Waals surface area (Å²) in [5, 5.41) is 11.7. The molecule has 1 saturated heterocycles. The van der Waals surface area contributed by atoms with E-state index in [4.69, 9.17) is 4.74 Å². The van der Waals surface area contributed by atoms with Gasteiger partial charge >= 0.3 is 0 Å². The lowest BCUT2D eigenvalue weighted by molar-refractivity contribution is -0.00538. The normalized spacial score (nSPS) is 23.2. The second kappa shape index (κ2) is 5.38. The van der Waals surface area contributed by atoms with Gasteiger partial charge in [0.2, 0.25) is 0 Å². The van der Waals surface area contributed by atoms with Crippen LogP contribution in [0.1, 0.15) is 19.5 Å². The molecule has 20 heavy (non-hydrogen) atoms. The van der Waals surface area contributed by atoms with Gasteiger partial charge in [-0.05, 0) is 25.3 Å². The molecule has 4 nitrogen and oxygen atoms in total. The van der Waals surface area contributed by atoms with Crippen LogP contribution in [0.5, 0.6) is 0 Å². The lowest BCUT2D eigenvalue weighted by atomic mass is 10.1. The summed E-state index contributed by atoms with van der Waals surface area (Å²) in [6.07, 6.45) is 0.384. The average molecular weight is 272 g/mol. The van der Waals surface area contributed by atoms with Gasteiger partial charge < -0.3 is 14.7 Å². The summed E-state index contributed by atoms with van der Waals surface area (Å²) in [4.78, 5) is 6.90. The Morgan fingerprint density at radius 1 is 1.25 bits per heavy atom. The minimum atomic E-state index is -0.0344. The Morgan fingerprint density at radius 2 is 1.95 bits per heavy atom. The topological polar surface area (TPSA) is 45.6 Å². The molecule has 1 aliphatic heterocycles. The molecule has 0 bridgehead atoms. The van der Waals surface area contributed by atoms with Crippen molar-refractivity contribution in [3.8, 4) is 0 Å². The molecule has 2 aromatic rings. The maximum Gasteiger partial charge on any atom is 0.137 e. The third kappa shape index (κ3) is 2.49. The summed E-state index contributed by atoms with van der Waals surface area (Å²) < 4.78 is 5.79. The molecule has 0 amide bonds. The van der Waals surface area contributed by atoms with Gasteiger partial charge in [0.15, 0.2) is 0 Å². The molecule has 4 heteroatoms. The number of benzene rings is 1. The van der Waals surface area contributed by atoms with E-state index in [0.29, 0.717) is 5.69 Å². The fourth-order valence-electron chi connectivity index (χ4n) is 2.91. The van der Waals surface area contributed by atoms with Gasteiger partial charge in [-0.3, -0.25) is 0 Å². The number of aromatic nitrogens is 1. The van der Waals surface area contributed by atoms with E-state index in [-0.39, 0.29) is 18.8 Å². The molecule has 1 fully saturated rings. The van der Waals surface area contributed by atoms with Crippen molar-refractivity contribution in [3.63, 3.8) is 0 Å². The smallest absolute Gasteiger partial charge is 0.137 e. The number of pyridine rings is 1. The maximum absolute atomic E-state index is 9.42. The van der Waals surface area contributed by atoms with E-state index in [9.17, 15) is 5.11 Å². The second-order valence-corrected chi connectivity index (χ2v) is 5.48. The molecule has 1 aromatic heterocycles. The molecule has 0 spiro atoms. The van der Waals surface area contributed by atoms with Crippen LogP contribution in [0.4, 0.5) is 5.82 Å². The van der Waals surface area contributed by atoms with Gasteiger partial charge in [-0.25, -0.2) is 4.98 Å². The quantitative estimate of drug-likeness (QED) is 0.911. The van der Waals surface area contributed by atoms with Crippen molar-refractivity contribution in [1.82, 2.24) is 4.98 Å². The van der Waals surface area contributed by atoms with Crippen molar-refractivity contribution in [2.75, 3.05) is 18.0 Å². The Hall–Kier alpha value is -1.65. The summed E-state index contributed by atoms with van der Waals surface area (Å²) in [7, 11) is 0. The van der Waals surface area contributed by atoms with Gasteiger partial charge in [0.1, 0.15) is 5.82 Å². The van der Waals surface area contributed by atoms with Crippen molar-refractivity contribution in [2.24, 2.45) is 0 Å². The Kier molecular flexibility index (Phi) is 3.59. The van der Waals surface area contributed by atoms with Gasteiger partial charge in [-0.2, -0.15) is 0 Å². The van der Waals surface area contributed by atoms with E-state index in [0.717, 1.165) is 29.7 Å². The maximum atomic E-state index is 9.42. The van der Waals surface area contributed by atoms with Gasteiger partial charge in [-0.1, -0.05) is 24.3 Å². The standard InChI is InChI=1S/C16H20N2O2/c1-11-8-18(9-12(2)20-11)16-15-6-4-3-5-13(15)7-14(10-19)17-16/h3-7,11-12,19H,8-10H2,1-2H3/t11-,12+. The molecule has 0 aliphatic carbocycles. The molecule has 106 valence electrons. The summed E-state index contributed by atoms with van der Waals surface area (Å²) >= 11 is 0. The lowest BCUT2D eigenvalue weighted by Gasteiger charge is -2.36. The number of ether oxygens (including phenoxy) is 1. The Bertz CT molecular complexity index is 604. The summed E-state index contributed by atoms with van der Waals surface area (Å²) in [5.41, 5.74) is 0.713. The summed E-state index contributed by atoms with van der Waals surface area (Å²) in [5.74, 6) is 0.953. The molecule has 1 N–H and O–H groups in total. The van der Waals surface area contributed by atoms with Crippen LogP contribution in [0.2, 0.25) is 0 Å². The predicted octanol–water partition coefficient (Wildman–Crippen LogP) is 2.34. The highest BCUT2D eigenvalue weighted by atomic mass is 16.5. The molecular weight excluding hydrogens is 252 g/mol. The van der Waals surface area contributed by atoms with E-state index < -0.39 is 0 Å². The molecule has 0 radical (unpaired) electrons. The SMILES string of the molecule is C[C@@H]1CN(c2nc(CO)cc3ccccc23)C[C@H](C)O1. The number of aliphatic hydroxyl groups excluding tert-OH is 1. The van der Waals surface area contributed by atoms with Crippen molar-refractivity contribution in [1.29, 1.82) is 0 Å². The molecule has 3 rings (SSSR count). The number of morpholine rings is 1. The minimum absolute atomic E-state index is 0.0344. The number of aliphatic hydroxyl groups is 1. The number of rotatable bonds is 2. The van der Waals surface area contributed by atoms with Crippen LogP contribution in [0.3, 0.4) is 0 Å². The van der Waals surface area contributed by atoms with Crippen LogP contribution in [0.15, 0.2) is 30.3 Å². The van der Waals surface area contributed by atoms with Gasteiger partial charge in [0.25, 0.3) is 0 Å². The van der Waals surface area contributed by atoms with Crippen molar-refractivity contribution < 1.29 is 9.84 Å². The number of nitrogens with zero attached hydrogens (tertiary/aromatic N) is 2. The zero-order chi connectivity index (χ0) is 14.1. The van der Waals surface area contributed by atoms with Gasteiger partial charge in [-0.15, -0.1) is 0 Å². The Balaban J connectivity index is 2.09. The van der Waals surface area contributed by atoms with Crippen LogP contribution < -0.4 is 4.90 Å². The third-order valence-electron chi connectivity index (χ3n) is 3.65. The monoisotopic (exact) mass is 272 g/mol. The third-order valence-corrected chi connectivity index (χ3v) is 3.65. The molecule has 0 saturated carbocycles. The number of hydrogen-bond acceptors (Lipinski definition) is 4. The first-order valence-corrected chi connectivity index (χ1v) is 7.07. The van der Waals surface area contributed by atoms with E-state index in [1.54, 1.807) is 0 Å². The number of fused-ring (bicyclic) bond motifs is 1. The van der Waals surface area contributed by atoms with E-state index >= 15 is 0 Å².